The number of hydrogen-bond acceptors (Lipinski definition) is 2. The Kier molecular flexibility index (Phi) is 20.5. The van der Waals surface area contributed by atoms with Gasteiger partial charge in [0, 0.05) is 0 Å². The minimum Gasteiger partial charge on any atom is -0.350 e. The molecule has 0 radical (unpaired) electrons. The van der Waals surface area contributed by atoms with Crippen LogP contribution in [-0.4, -0.2) is 22.8 Å². The molecule has 0 aliphatic carbocycles. The van der Waals surface area contributed by atoms with E-state index in [1.54, 1.807) is 0 Å². The first-order valence-corrected chi connectivity index (χ1v) is 11.6. The van der Waals surface area contributed by atoms with E-state index in [1.807, 2.05) is 0 Å². The molecule has 0 saturated heterocycles. The Balaban J connectivity index is 3.13. The van der Waals surface area contributed by atoms with Crippen molar-refractivity contribution in [3.05, 3.63) is 12.2 Å². The average molecular weight is 383 g/mol. The minimum atomic E-state index is -0.761. The molecule has 27 heavy (non-hydrogen) atoms. The summed E-state index contributed by atoms with van der Waals surface area (Å²) in [5, 5.41) is 9.73. The van der Waals surface area contributed by atoms with E-state index in [0.717, 1.165) is 12.8 Å². The highest BCUT2D eigenvalue weighted by Gasteiger charge is 2.03. The molecule has 0 aliphatic rings. The number of nitrogens with zero attached hydrogens (tertiary/aromatic N) is 1. The zero-order valence-electron chi connectivity index (χ0n) is 18.0. The molecule has 160 valence electrons. The van der Waals surface area contributed by atoms with Crippen LogP contribution in [0.3, 0.4) is 0 Å². The first kappa shape index (κ1) is 26.0. The van der Waals surface area contributed by atoms with E-state index in [0.29, 0.717) is 11.6 Å². The monoisotopic (exact) mass is 382 g/mol. The smallest absolute Gasteiger partial charge is 0.338 e. The molecule has 2 amide bonds. The number of unbranched alkanes of at least 4 members (excludes halogenated alkanes) is 16. The number of carbonyl (C=O) groups excluding carboxylic acids is 1. The highest BCUT2D eigenvalue weighted by atomic mass is 16.5. The van der Waals surface area contributed by atoms with Gasteiger partial charge in [-0.2, -0.15) is 0 Å². The lowest BCUT2D eigenvalue weighted by Crippen LogP contribution is -2.33. The first-order chi connectivity index (χ1) is 13.2. The van der Waals surface area contributed by atoms with Gasteiger partial charge in [0.05, 0.1) is 6.54 Å². The zero-order valence-corrected chi connectivity index (χ0v) is 18.0. The number of urea groups is 1. The molecule has 3 N–H and O–H groups in total. The normalized spacial score (nSPS) is 11.3. The van der Waals surface area contributed by atoms with Gasteiger partial charge in [-0.25, -0.2) is 9.86 Å². The fourth-order valence-electron chi connectivity index (χ4n) is 3.33. The van der Waals surface area contributed by atoms with E-state index < -0.39 is 6.03 Å². The van der Waals surface area contributed by atoms with Crippen LogP contribution in [0.25, 0.3) is 0 Å². The van der Waals surface area contributed by atoms with Crippen molar-refractivity contribution in [2.24, 2.45) is 5.73 Å². The summed E-state index contributed by atoms with van der Waals surface area (Å²) < 4.78 is 0. The van der Waals surface area contributed by atoms with Gasteiger partial charge in [-0.05, 0) is 32.1 Å². The van der Waals surface area contributed by atoms with Crippen molar-refractivity contribution >= 4 is 6.03 Å². The quantitative estimate of drug-likeness (QED) is 0.0999. The Morgan fingerprint density at radius 1 is 0.704 bits per heavy atom. The lowest BCUT2D eigenvalue weighted by molar-refractivity contribution is -0.0403. The molecule has 0 bridgehead atoms. The Morgan fingerprint density at radius 2 is 1.07 bits per heavy atom. The molecule has 0 spiro atoms. The molecule has 0 aromatic carbocycles. The number of hydrogen-bond donors (Lipinski definition) is 2. The van der Waals surface area contributed by atoms with Crippen molar-refractivity contribution in [2.75, 3.05) is 6.54 Å². The second-order valence-electron chi connectivity index (χ2n) is 7.81. The van der Waals surface area contributed by atoms with E-state index in [4.69, 9.17) is 10.9 Å². The highest BCUT2D eigenvalue weighted by Crippen LogP contribution is 2.12. The number of rotatable bonds is 20. The molecule has 0 heterocycles. The van der Waals surface area contributed by atoms with Crippen molar-refractivity contribution in [3.8, 4) is 0 Å². The summed E-state index contributed by atoms with van der Waals surface area (Å²) in [4.78, 5) is 10.6. The topological polar surface area (TPSA) is 66.6 Å². The summed E-state index contributed by atoms with van der Waals surface area (Å²) in [5.41, 5.74) is 4.95. The largest absolute Gasteiger partial charge is 0.350 e. The second kappa shape index (κ2) is 21.3. The van der Waals surface area contributed by atoms with Gasteiger partial charge in [-0.3, -0.25) is 5.21 Å². The fraction of sp³-hybridized carbons (Fsp3) is 0.870. The summed E-state index contributed by atoms with van der Waals surface area (Å²) in [6.07, 6.45) is 28.0. The average Bonchev–Trinajstić information content (AvgIpc) is 2.66. The van der Waals surface area contributed by atoms with Gasteiger partial charge in [-0.15, -0.1) is 0 Å². The fourth-order valence-corrected chi connectivity index (χ4v) is 3.33. The third-order valence-corrected chi connectivity index (χ3v) is 5.14. The lowest BCUT2D eigenvalue weighted by Gasteiger charge is -2.10. The Labute approximate surface area is 168 Å². The predicted octanol–water partition coefficient (Wildman–Crippen LogP) is 7.35. The Bertz CT molecular complexity index is 345. The Hall–Kier alpha value is -1.03. The van der Waals surface area contributed by atoms with Crippen LogP contribution in [0.15, 0.2) is 12.2 Å². The molecule has 4 nitrogen and oxygen atoms in total. The van der Waals surface area contributed by atoms with Crippen molar-refractivity contribution in [2.45, 2.75) is 122 Å². The maximum absolute atomic E-state index is 10.6. The maximum atomic E-state index is 10.6. The van der Waals surface area contributed by atoms with Gasteiger partial charge in [-0.1, -0.05) is 103 Å². The van der Waals surface area contributed by atoms with Crippen LogP contribution in [0.1, 0.15) is 122 Å². The van der Waals surface area contributed by atoms with E-state index in [2.05, 4.69) is 19.1 Å². The van der Waals surface area contributed by atoms with E-state index >= 15 is 0 Å². The van der Waals surface area contributed by atoms with Crippen molar-refractivity contribution in [1.29, 1.82) is 0 Å². The molecular weight excluding hydrogens is 336 g/mol. The zero-order chi connectivity index (χ0) is 20.0. The lowest BCUT2D eigenvalue weighted by atomic mass is 10.1. The summed E-state index contributed by atoms with van der Waals surface area (Å²) in [5.74, 6) is 0. The van der Waals surface area contributed by atoms with Crippen LogP contribution in [0.4, 0.5) is 4.79 Å². The molecule has 0 aliphatic heterocycles. The van der Waals surface area contributed by atoms with Gasteiger partial charge in [0.2, 0.25) is 0 Å². The second-order valence-corrected chi connectivity index (χ2v) is 7.81. The van der Waals surface area contributed by atoms with Gasteiger partial charge in [0.15, 0.2) is 0 Å². The number of allylic oxidation sites excluding steroid dienone is 2. The van der Waals surface area contributed by atoms with Crippen molar-refractivity contribution < 1.29 is 10.0 Å². The maximum Gasteiger partial charge on any atom is 0.338 e. The Morgan fingerprint density at radius 3 is 1.48 bits per heavy atom. The van der Waals surface area contributed by atoms with Gasteiger partial charge >= 0.3 is 6.03 Å². The molecule has 4 heteroatoms. The minimum absolute atomic E-state index is 0.349. The molecule has 0 fully saturated rings. The van der Waals surface area contributed by atoms with Crippen LogP contribution in [0.5, 0.6) is 0 Å². The summed E-state index contributed by atoms with van der Waals surface area (Å²) >= 11 is 0. The predicted molar refractivity (Wildman–Crippen MR) is 116 cm³/mol. The van der Waals surface area contributed by atoms with Gasteiger partial charge in [0.25, 0.3) is 0 Å². The summed E-state index contributed by atoms with van der Waals surface area (Å²) in [7, 11) is 0. The molecule has 0 aromatic heterocycles. The van der Waals surface area contributed by atoms with Crippen molar-refractivity contribution in [1.82, 2.24) is 5.06 Å². The number of amides is 2. The number of primary amides is 1. The van der Waals surface area contributed by atoms with Crippen LogP contribution >= 0.6 is 0 Å². The first-order valence-electron chi connectivity index (χ1n) is 11.6. The van der Waals surface area contributed by atoms with E-state index in [9.17, 15) is 4.79 Å². The van der Waals surface area contributed by atoms with Gasteiger partial charge < -0.3 is 5.73 Å². The molecule has 0 rings (SSSR count). The van der Waals surface area contributed by atoms with Crippen LogP contribution < -0.4 is 5.73 Å². The third kappa shape index (κ3) is 21.1. The standard InChI is InChI=1S/C23H46N2O2/c1-2-3-4-5-6-7-8-9-10-11-12-13-14-15-16-17-18-19-20-21-22-25(27)23(24)26/h10-11,27H,2-9,12-22H2,1H3,(H2,24,26). The third-order valence-electron chi connectivity index (χ3n) is 5.14. The summed E-state index contributed by atoms with van der Waals surface area (Å²) in [6.45, 7) is 2.62. The molecular formula is C23H46N2O2. The highest BCUT2D eigenvalue weighted by molar-refractivity contribution is 5.70. The summed E-state index contributed by atoms with van der Waals surface area (Å²) in [6, 6.07) is -0.761. The molecule has 0 saturated carbocycles. The molecule has 0 unspecified atom stereocenters. The molecule has 0 aromatic rings. The number of carbonyl (C=O) groups is 1. The SMILES string of the molecule is CCCCCCCCCC=CCCCCCCCCCCCN(O)C(N)=O. The number of nitrogens with two attached hydrogens (primary N) is 1. The van der Waals surface area contributed by atoms with Crippen molar-refractivity contribution in [3.63, 3.8) is 0 Å². The van der Waals surface area contributed by atoms with Crippen LogP contribution in [0.2, 0.25) is 0 Å². The van der Waals surface area contributed by atoms with Crippen LogP contribution in [0, 0.1) is 0 Å². The van der Waals surface area contributed by atoms with E-state index in [1.165, 1.54) is 103 Å². The molecule has 0 atom stereocenters. The number of hydroxylamine groups is 2. The van der Waals surface area contributed by atoms with Crippen LogP contribution in [-0.2, 0) is 0 Å². The van der Waals surface area contributed by atoms with E-state index in [-0.39, 0.29) is 0 Å². The van der Waals surface area contributed by atoms with Gasteiger partial charge in [0.1, 0.15) is 0 Å².